The molecule has 3 atom stereocenters. The fourth-order valence-electron chi connectivity index (χ4n) is 2.29. The van der Waals surface area contributed by atoms with Crippen LogP contribution in [0.2, 0.25) is 0 Å². The second kappa shape index (κ2) is 5.67. The maximum Gasteiger partial charge on any atom is 0.0800 e. The molecule has 0 fully saturated rings. The molecule has 1 aliphatic rings. The highest BCUT2D eigenvalue weighted by atomic mass is 16.3. The van der Waals surface area contributed by atoms with Gasteiger partial charge in [0.25, 0.3) is 0 Å². The lowest BCUT2D eigenvalue weighted by molar-refractivity contribution is 0.0833. The van der Waals surface area contributed by atoms with Crippen LogP contribution >= 0.6 is 0 Å². The van der Waals surface area contributed by atoms with Crippen molar-refractivity contribution in [3.05, 3.63) is 23.8 Å². The minimum atomic E-state index is -0.559. The minimum absolute atomic E-state index is 0.559. The van der Waals surface area contributed by atoms with E-state index in [1.165, 1.54) is 18.4 Å². The van der Waals surface area contributed by atoms with Crippen LogP contribution in [0.15, 0.2) is 23.8 Å². The van der Waals surface area contributed by atoms with Crippen molar-refractivity contribution >= 4 is 0 Å². The molecular weight excluding hydrogens is 196 g/mol. The van der Waals surface area contributed by atoms with E-state index in [9.17, 15) is 5.11 Å². The molecule has 0 heterocycles. The van der Waals surface area contributed by atoms with E-state index in [2.05, 4.69) is 32.9 Å². The summed E-state index contributed by atoms with van der Waals surface area (Å²) in [6.45, 7) is 8.53. The topological polar surface area (TPSA) is 20.2 Å². The van der Waals surface area contributed by atoms with Crippen molar-refractivity contribution in [1.29, 1.82) is 0 Å². The molecule has 0 aliphatic heterocycles. The minimum Gasteiger partial charge on any atom is -0.386 e. The lowest BCUT2D eigenvalue weighted by Crippen LogP contribution is -2.27. The van der Waals surface area contributed by atoms with Gasteiger partial charge >= 0.3 is 0 Å². The second-order valence-corrected chi connectivity index (χ2v) is 5.75. The van der Waals surface area contributed by atoms with Crippen LogP contribution in [0.1, 0.15) is 53.4 Å². The Morgan fingerprint density at radius 3 is 2.75 bits per heavy atom. The highest BCUT2D eigenvalue weighted by molar-refractivity contribution is 5.06. The third kappa shape index (κ3) is 4.52. The lowest BCUT2D eigenvalue weighted by Gasteiger charge is -2.30. The average Bonchev–Trinajstić information content (AvgIpc) is 2.16. The Hall–Kier alpha value is -0.560. The Bertz CT molecular complexity index is 269. The molecule has 0 aromatic heterocycles. The highest BCUT2D eigenvalue weighted by Crippen LogP contribution is 2.31. The van der Waals surface area contributed by atoms with E-state index in [1.807, 2.05) is 13.0 Å². The first-order chi connectivity index (χ1) is 7.41. The number of hydrogen-bond donors (Lipinski definition) is 1. The first-order valence-corrected chi connectivity index (χ1v) is 6.46. The van der Waals surface area contributed by atoms with Crippen LogP contribution in [0.25, 0.3) is 0 Å². The van der Waals surface area contributed by atoms with Gasteiger partial charge in [0.05, 0.1) is 5.60 Å². The number of aliphatic hydroxyl groups is 1. The predicted molar refractivity (Wildman–Crippen MR) is 70.3 cm³/mol. The highest BCUT2D eigenvalue weighted by Gasteiger charge is 2.25. The number of hydrogen-bond acceptors (Lipinski definition) is 1. The van der Waals surface area contributed by atoms with Crippen LogP contribution in [0, 0.1) is 11.8 Å². The SMILES string of the molecule is CC(C)=CCC[C@@H](C)[C@@H]1C=C[C@](C)(O)CC1. The van der Waals surface area contributed by atoms with Gasteiger partial charge in [-0.05, 0) is 58.3 Å². The fraction of sp³-hybridized carbons (Fsp3) is 0.733. The number of rotatable bonds is 4. The Balaban J connectivity index is 2.39. The van der Waals surface area contributed by atoms with Crippen LogP contribution in [0.4, 0.5) is 0 Å². The van der Waals surface area contributed by atoms with Crippen molar-refractivity contribution in [1.82, 2.24) is 0 Å². The average molecular weight is 222 g/mol. The molecule has 1 rings (SSSR count). The van der Waals surface area contributed by atoms with E-state index in [4.69, 9.17) is 0 Å². The third-order valence-electron chi connectivity index (χ3n) is 3.59. The molecule has 1 aliphatic carbocycles. The molecule has 0 saturated heterocycles. The summed E-state index contributed by atoms with van der Waals surface area (Å²) in [5.74, 6) is 1.38. The molecule has 0 bridgehead atoms. The van der Waals surface area contributed by atoms with Crippen molar-refractivity contribution < 1.29 is 5.11 Å². The van der Waals surface area contributed by atoms with Gasteiger partial charge in [-0.25, -0.2) is 0 Å². The van der Waals surface area contributed by atoms with E-state index in [0.717, 1.165) is 18.8 Å². The maximum absolute atomic E-state index is 9.83. The van der Waals surface area contributed by atoms with Gasteiger partial charge in [0.1, 0.15) is 0 Å². The summed E-state index contributed by atoms with van der Waals surface area (Å²) < 4.78 is 0. The predicted octanol–water partition coefficient (Wildman–Crippen LogP) is 4.09. The van der Waals surface area contributed by atoms with Crippen LogP contribution in [0.3, 0.4) is 0 Å². The van der Waals surface area contributed by atoms with Crippen molar-refractivity contribution in [3.8, 4) is 0 Å². The van der Waals surface area contributed by atoms with Crippen molar-refractivity contribution in [2.45, 2.75) is 59.0 Å². The molecule has 0 saturated carbocycles. The smallest absolute Gasteiger partial charge is 0.0800 e. The molecule has 0 unspecified atom stereocenters. The third-order valence-corrected chi connectivity index (χ3v) is 3.59. The van der Waals surface area contributed by atoms with Gasteiger partial charge in [0, 0.05) is 0 Å². The molecule has 1 nitrogen and oxygen atoms in total. The van der Waals surface area contributed by atoms with Crippen LogP contribution in [0.5, 0.6) is 0 Å². The van der Waals surface area contributed by atoms with Crippen molar-refractivity contribution in [3.63, 3.8) is 0 Å². The van der Waals surface area contributed by atoms with Gasteiger partial charge in [-0.1, -0.05) is 30.7 Å². The zero-order valence-corrected chi connectivity index (χ0v) is 11.2. The molecule has 16 heavy (non-hydrogen) atoms. The van der Waals surface area contributed by atoms with Gasteiger partial charge in [-0.15, -0.1) is 0 Å². The molecule has 0 spiro atoms. The molecule has 0 aromatic rings. The van der Waals surface area contributed by atoms with E-state index < -0.39 is 5.60 Å². The normalized spacial score (nSPS) is 31.2. The quantitative estimate of drug-likeness (QED) is 0.710. The Kier molecular flexibility index (Phi) is 4.79. The lowest BCUT2D eigenvalue weighted by atomic mass is 9.79. The summed E-state index contributed by atoms with van der Waals surface area (Å²) in [6.07, 6.45) is 11.0. The summed E-state index contributed by atoms with van der Waals surface area (Å²) in [5.41, 5.74) is 0.852. The molecular formula is C15H26O. The van der Waals surface area contributed by atoms with E-state index in [0.29, 0.717) is 5.92 Å². The first kappa shape index (κ1) is 13.5. The molecule has 1 heteroatoms. The molecule has 0 radical (unpaired) electrons. The van der Waals surface area contributed by atoms with Gasteiger partial charge in [-0.2, -0.15) is 0 Å². The van der Waals surface area contributed by atoms with Gasteiger partial charge in [-0.3, -0.25) is 0 Å². The summed E-state index contributed by atoms with van der Waals surface area (Å²) in [4.78, 5) is 0. The van der Waals surface area contributed by atoms with E-state index in [-0.39, 0.29) is 0 Å². The summed E-state index contributed by atoms with van der Waals surface area (Å²) >= 11 is 0. The summed E-state index contributed by atoms with van der Waals surface area (Å²) in [6, 6.07) is 0. The Morgan fingerprint density at radius 2 is 2.25 bits per heavy atom. The van der Waals surface area contributed by atoms with E-state index >= 15 is 0 Å². The monoisotopic (exact) mass is 222 g/mol. The summed E-state index contributed by atoms with van der Waals surface area (Å²) in [7, 11) is 0. The Labute approximate surface area is 100 Å². The standard InChI is InChI=1S/C15H26O/c1-12(2)6-5-7-13(3)14-8-10-15(4,16)11-9-14/h6,8,10,13-14,16H,5,7,9,11H2,1-4H3/t13-,14-,15+/m1/s1. The second-order valence-electron chi connectivity index (χ2n) is 5.75. The van der Waals surface area contributed by atoms with Crippen molar-refractivity contribution in [2.75, 3.05) is 0 Å². The molecule has 92 valence electrons. The van der Waals surface area contributed by atoms with Crippen LogP contribution in [-0.2, 0) is 0 Å². The summed E-state index contributed by atoms with van der Waals surface area (Å²) in [5, 5.41) is 9.83. The Morgan fingerprint density at radius 1 is 1.56 bits per heavy atom. The maximum atomic E-state index is 9.83. The van der Waals surface area contributed by atoms with Gasteiger partial charge < -0.3 is 5.11 Å². The van der Waals surface area contributed by atoms with Crippen molar-refractivity contribution in [2.24, 2.45) is 11.8 Å². The van der Waals surface area contributed by atoms with Gasteiger partial charge in [0.2, 0.25) is 0 Å². The first-order valence-electron chi connectivity index (χ1n) is 6.46. The zero-order valence-electron chi connectivity index (χ0n) is 11.2. The van der Waals surface area contributed by atoms with Crippen LogP contribution < -0.4 is 0 Å². The largest absolute Gasteiger partial charge is 0.386 e. The fourth-order valence-corrected chi connectivity index (χ4v) is 2.29. The zero-order chi connectivity index (χ0) is 12.2. The molecule has 0 amide bonds. The van der Waals surface area contributed by atoms with Gasteiger partial charge in [0.15, 0.2) is 0 Å². The molecule has 0 aromatic carbocycles. The van der Waals surface area contributed by atoms with Crippen LogP contribution in [-0.4, -0.2) is 10.7 Å². The van der Waals surface area contributed by atoms with E-state index in [1.54, 1.807) is 0 Å². The number of allylic oxidation sites excluding steroid dienone is 3. The molecule has 1 N–H and O–H groups in total.